The predicted octanol–water partition coefficient (Wildman–Crippen LogP) is 1.04. The molecule has 1 aliphatic carbocycles. The standard InChI is InChI=1S/C11H20N2O3/c1-11(2,3)16-10(15)13-8(7-5-6-7)9(14)12-4/h7-8H,5-6H2,1-4H3,(H,12,14)(H,13,15). The van der Waals surface area contributed by atoms with Crippen LogP contribution in [0.4, 0.5) is 4.79 Å². The predicted molar refractivity (Wildman–Crippen MR) is 59.9 cm³/mol. The van der Waals surface area contributed by atoms with Crippen LogP contribution in [0.25, 0.3) is 0 Å². The van der Waals surface area contributed by atoms with Crippen molar-refractivity contribution >= 4 is 12.0 Å². The van der Waals surface area contributed by atoms with E-state index in [1.807, 2.05) is 0 Å². The van der Waals surface area contributed by atoms with Crippen molar-refractivity contribution in [1.29, 1.82) is 0 Å². The summed E-state index contributed by atoms with van der Waals surface area (Å²) in [6.45, 7) is 5.37. The average Bonchev–Trinajstić information content (AvgIpc) is 2.93. The van der Waals surface area contributed by atoms with Crippen molar-refractivity contribution in [2.75, 3.05) is 7.05 Å². The number of hydrogen-bond acceptors (Lipinski definition) is 3. The molecule has 2 amide bonds. The van der Waals surface area contributed by atoms with Crippen molar-refractivity contribution in [3.63, 3.8) is 0 Å². The van der Waals surface area contributed by atoms with Crippen LogP contribution in [0, 0.1) is 5.92 Å². The monoisotopic (exact) mass is 228 g/mol. The summed E-state index contributed by atoms with van der Waals surface area (Å²) in [6.07, 6.45) is 1.43. The minimum atomic E-state index is -0.541. The number of amides is 2. The number of nitrogens with one attached hydrogen (secondary N) is 2. The second-order valence-corrected chi connectivity index (χ2v) is 5.08. The molecule has 1 aliphatic rings. The normalized spacial score (nSPS) is 17.5. The van der Waals surface area contributed by atoms with Crippen LogP contribution in [-0.2, 0) is 9.53 Å². The van der Waals surface area contributed by atoms with E-state index in [1.54, 1.807) is 27.8 Å². The molecule has 0 aromatic rings. The van der Waals surface area contributed by atoms with Gasteiger partial charge in [-0.1, -0.05) is 0 Å². The number of carbonyl (C=O) groups excluding carboxylic acids is 2. The van der Waals surface area contributed by atoms with E-state index in [1.165, 1.54) is 0 Å². The summed E-state index contributed by atoms with van der Waals surface area (Å²) in [4.78, 5) is 23.0. The molecule has 5 nitrogen and oxygen atoms in total. The zero-order valence-electron chi connectivity index (χ0n) is 10.3. The molecule has 0 aromatic carbocycles. The van der Waals surface area contributed by atoms with Crippen LogP contribution in [0.15, 0.2) is 0 Å². The van der Waals surface area contributed by atoms with Crippen molar-refractivity contribution < 1.29 is 14.3 Å². The Labute approximate surface area is 95.9 Å². The molecule has 0 spiro atoms. The van der Waals surface area contributed by atoms with Gasteiger partial charge in [-0.05, 0) is 39.5 Å². The van der Waals surface area contributed by atoms with E-state index in [0.717, 1.165) is 12.8 Å². The van der Waals surface area contributed by atoms with Gasteiger partial charge in [-0.3, -0.25) is 4.79 Å². The van der Waals surface area contributed by atoms with Gasteiger partial charge in [0.1, 0.15) is 11.6 Å². The topological polar surface area (TPSA) is 67.4 Å². The van der Waals surface area contributed by atoms with Gasteiger partial charge >= 0.3 is 6.09 Å². The van der Waals surface area contributed by atoms with E-state index >= 15 is 0 Å². The molecule has 1 rings (SSSR count). The number of alkyl carbamates (subject to hydrolysis) is 1. The first-order valence-electron chi connectivity index (χ1n) is 5.54. The van der Waals surface area contributed by atoms with Crippen LogP contribution in [-0.4, -0.2) is 30.7 Å². The number of ether oxygens (including phenoxy) is 1. The van der Waals surface area contributed by atoms with Crippen LogP contribution in [0.3, 0.4) is 0 Å². The van der Waals surface area contributed by atoms with Gasteiger partial charge in [0.05, 0.1) is 0 Å². The summed E-state index contributed by atoms with van der Waals surface area (Å²) in [6, 6.07) is -0.458. The summed E-state index contributed by atoms with van der Waals surface area (Å²) in [7, 11) is 1.56. The van der Waals surface area contributed by atoms with Gasteiger partial charge in [-0.2, -0.15) is 0 Å². The number of rotatable bonds is 3. The lowest BCUT2D eigenvalue weighted by Gasteiger charge is -2.22. The zero-order valence-corrected chi connectivity index (χ0v) is 10.3. The van der Waals surface area contributed by atoms with Crippen LogP contribution in [0.5, 0.6) is 0 Å². The molecule has 0 aromatic heterocycles. The Morgan fingerprint density at radius 1 is 1.31 bits per heavy atom. The van der Waals surface area contributed by atoms with Crippen molar-refractivity contribution in [2.24, 2.45) is 5.92 Å². The van der Waals surface area contributed by atoms with E-state index < -0.39 is 17.7 Å². The summed E-state index contributed by atoms with van der Waals surface area (Å²) < 4.78 is 5.11. The summed E-state index contributed by atoms with van der Waals surface area (Å²) >= 11 is 0. The molecule has 0 heterocycles. The molecule has 1 unspecified atom stereocenters. The number of likely N-dealkylation sites (N-methyl/N-ethyl adjacent to an activating group) is 1. The smallest absolute Gasteiger partial charge is 0.408 e. The van der Waals surface area contributed by atoms with Crippen molar-refractivity contribution in [2.45, 2.75) is 45.3 Å². The van der Waals surface area contributed by atoms with Gasteiger partial charge in [0.25, 0.3) is 0 Å². The van der Waals surface area contributed by atoms with E-state index in [9.17, 15) is 9.59 Å². The van der Waals surface area contributed by atoms with Gasteiger partial charge < -0.3 is 15.4 Å². The largest absolute Gasteiger partial charge is 0.444 e. The maximum Gasteiger partial charge on any atom is 0.408 e. The molecule has 0 aliphatic heterocycles. The first-order chi connectivity index (χ1) is 7.33. The first-order valence-corrected chi connectivity index (χ1v) is 5.54. The molecule has 1 fully saturated rings. The summed E-state index contributed by atoms with van der Waals surface area (Å²) in [5.74, 6) is 0.0980. The highest BCUT2D eigenvalue weighted by molar-refractivity contribution is 5.86. The number of carbonyl (C=O) groups is 2. The van der Waals surface area contributed by atoms with Crippen molar-refractivity contribution in [1.82, 2.24) is 10.6 Å². The first kappa shape index (κ1) is 12.8. The third-order valence-electron chi connectivity index (χ3n) is 2.29. The van der Waals surface area contributed by atoms with E-state index in [2.05, 4.69) is 10.6 Å². The fraction of sp³-hybridized carbons (Fsp3) is 0.818. The quantitative estimate of drug-likeness (QED) is 0.758. The Bertz CT molecular complexity index is 279. The molecule has 92 valence electrons. The van der Waals surface area contributed by atoms with E-state index in [0.29, 0.717) is 0 Å². The van der Waals surface area contributed by atoms with E-state index in [-0.39, 0.29) is 11.8 Å². The van der Waals surface area contributed by atoms with Gasteiger partial charge in [0.2, 0.25) is 5.91 Å². The van der Waals surface area contributed by atoms with Crippen LogP contribution in [0.2, 0.25) is 0 Å². The number of hydrogen-bond donors (Lipinski definition) is 2. The molecule has 1 atom stereocenters. The molecular weight excluding hydrogens is 208 g/mol. The Morgan fingerprint density at radius 3 is 2.25 bits per heavy atom. The fourth-order valence-electron chi connectivity index (χ4n) is 1.42. The molecule has 5 heteroatoms. The Hall–Kier alpha value is -1.26. The van der Waals surface area contributed by atoms with Crippen LogP contribution in [0.1, 0.15) is 33.6 Å². The second-order valence-electron chi connectivity index (χ2n) is 5.08. The minimum absolute atomic E-state index is 0.159. The molecule has 0 bridgehead atoms. The summed E-state index contributed by atoms with van der Waals surface area (Å²) in [5.41, 5.74) is -0.541. The maximum atomic E-state index is 11.5. The average molecular weight is 228 g/mol. The molecule has 16 heavy (non-hydrogen) atoms. The molecule has 0 radical (unpaired) electrons. The SMILES string of the molecule is CNC(=O)C(NC(=O)OC(C)(C)C)C1CC1. The molecule has 2 N–H and O–H groups in total. The Kier molecular flexibility index (Phi) is 3.78. The third-order valence-corrected chi connectivity index (χ3v) is 2.29. The highest BCUT2D eigenvalue weighted by atomic mass is 16.6. The lowest BCUT2D eigenvalue weighted by atomic mass is 10.1. The van der Waals surface area contributed by atoms with Gasteiger partial charge in [-0.25, -0.2) is 4.79 Å². The minimum Gasteiger partial charge on any atom is -0.444 e. The summed E-state index contributed by atoms with van der Waals surface area (Å²) in [5, 5.41) is 5.16. The Morgan fingerprint density at radius 2 is 1.88 bits per heavy atom. The van der Waals surface area contributed by atoms with Gasteiger partial charge in [0, 0.05) is 7.05 Å². The van der Waals surface area contributed by atoms with Crippen molar-refractivity contribution in [3.8, 4) is 0 Å². The Balaban J connectivity index is 2.49. The maximum absolute atomic E-state index is 11.5. The van der Waals surface area contributed by atoms with Crippen LogP contribution >= 0.6 is 0 Å². The van der Waals surface area contributed by atoms with Gasteiger partial charge in [-0.15, -0.1) is 0 Å². The fourth-order valence-corrected chi connectivity index (χ4v) is 1.42. The molecule has 1 saturated carbocycles. The van der Waals surface area contributed by atoms with Gasteiger partial charge in [0.15, 0.2) is 0 Å². The van der Waals surface area contributed by atoms with E-state index in [4.69, 9.17) is 4.74 Å². The lowest BCUT2D eigenvalue weighted by Crippen LogP contribution is -2.48. The van der Waals surface area contributed by atoms with Crippen molar-refractivity contribution in [3.05, 3.63) is 0 Å². The second kappa shape index (κ2) is 4.72. The third kappa shape index (κ3) is 4.08. The highest BCUT2D eigenvalue weighted by Gasteiger charge is 2.37. The van der Waals surface area contributed by atoms with Crippen LogP contribution < -0.4 is 10.6 Å². The molecule has 0 saturated heterocycles. The highest BCUT2D eigenvalue weighted by Crippen LogP contribution is 2.32. The molecular formula is C11H20N2O3. The zero-order chi connectivity index (χ0) is 12.3. The lowest BCUT2D eigenvalue weighted by molar-refractivity contribution is -0.123.